The number of benzene rings is 2. The van der Waals surface area contributed by atoms with E-state index in [1.165, 1.54) is 6.08 Å². The highest BCUT2D eigenvalue weighted by Gasteiger charge is 2.04. The molecule has 122 valence electrons. The molecular weight excluding hydrogens is 320 g/mol. The molecule has 0 saturated carbocycles. The molecule has 3 aromatic rings. The van der Waals surface area contributed by atoms with E-state index in [0.29, 0.717) is 13.2 Å². The number of carbonyl (C=O) groups excluding carboxylic acids is 1. The van der Waals surface area contributed by atoms with Gasteiger partial charge in [-0.2, -0.15) is 0 Å². The summed E-state index contributed by atoms with van der Waals surface area (Å²) in [5.41, 5.74) is 1.85. The molecule has 1 amide bonds. The van der Waals surface area contributed by atoms with Crippen molar-refractivity contribution in [1.29, 1.82) is 0 Å². The zero-order valence-electron chi connectivity index (χ0n) is 13.4. The summed E-state index contributed by atoms with van der Waals surface area (Å²) in [5, 5.41) is 3.76. The van der Waals surface area contributed by atoms with Crippen LogP contribution in [0.5, 0.6) is 5.75 Å². The minimum Gasteiger partial charge on any atom is -0.493 e. The number of aromatic nitrogens is 1. The van der Waals surface area contributed by atoms with Gasteiger partial charge >= 0.3 is 0 Å². The molecular formula is C19H18N2O2S. The largest absolute Gasteiger partial charge is 0.493 e. The second-order valence-corrected chi connectivity index (χ2v) is 6.21. The molecule has 2 aromatic carbocycles. The minimum absolute atomic E-state index is 0.152. The average molecular weight is 338 g/mol. The van der Waals surface area contributed by atoms with E-state index in [2.05, 4.69) is 10.3 Å². The van der Waals surface area contributed by atoms with Crippen molar-refractivity contribution >= 4 is 33.5 Å². The molecule has 4 nitrogen and oxygen atoms in total. The van der Waals surface area contributed by atoms with E-state index in [1.807, 2.05) is 55.5 Å². The number of amides is 1. The summed E-state index contributed by atoms with van der Waals surface area (Å²) in [5.74, 6) is 0.621. The number of fused-ring (bicyclic) bond motifs is 1. The third-order valence-corrected chi connectivity index (χ3v) is 4.42. The van der Waals surface area contributed by atoms with Gasteiger partial charge in [-0.1, -0.05) is 30.3 Å². The van der Waals surface area contributed by atoms with Gasteiger partial charge in [-0.3, -0.25) is 4.79 Å². The van der Waals surface area contributed by atoms with Crippen LogP contribution in [0.4, 0.5) is 0 Å². The molecule has 3 rings (SSSR count). The molecule has 0 bridgehead atoms. The molecule has 0 atom stereocenters. The lowest BCUT2D eigenvalue weighted by atomic mass is 10.2. The summed E-state index contributed by atoms with van der Waals surface area (Å²) in [6, 6.07) is 15.6. The molecule has 0 spiro atoms. The monoisotopic (exact) mass is 338 g/mol. The maximum Gasteiger partial charge on any atom is 0.244 e. The van der Waals surface area contributed by atoms with Crippen molar-refractivity contribution in [3.63, 3.8) is 0 Å². The van der Waals surface area contributed by atoms with Crippen molar-refractivity contribution in [3.05, 3.63) is 65.2 Å². The van der Waals surface area contributed by atoms with Gasteiger partial charge in [0, 0.05) is 11.6 Å². The van der Waals surface area contributed by atoms with Crippen LogP contribution in [0.3, 0.4) is 0 Å². The third-order valence-electron chi connectivity index (χ3n) is 3.39. The maximum absolute atomic E-state index is 12.0. The second kappa shape index (κ2) is 7.75. The molecule has 1 heterocycles. The fourth-order valence-corrected chi connectivity index (χ4v) is 3.19. The van der Waals surface area contributed by atoms with Crippen molar-refractivity contribution < 1.29 is 9.53 Å². The van der Waals surface area contributed by atoms with Crippen molar-refractivity contribution in [3.8, 4) is 5.75 Å². The predicted molar refractivity (Wildman–Crippen MR) is 98.1 cm³/mol. The first-order chi connectivity index (χ1) is 11.8. The van der Waals surface area contributed by atoms with Gasteiger partial charge in [0.25, 0.3) is 0 Å². The van der Waals surface area contributed by atoms with Crippen LogP contribution in [0.15, 0.2) is 54.6 Å². The highest BCUT2D eigenvalue weighted by molar-refractivity contribution is 7.18. The molecule has 0 aliphatic heterocycles. The normalized spacial score (nSPS) is 11.0. The number of para-hydroxylation sites is 2. The molecule has 0 radical (unpaired) electrons. The Kier molecular flexibility index (Phi) is 5.23. The summed E-state index contributed by atoms with van der Waals surface area (Å²) in [4.78, 5) is 16.5. The number of nitrogens with zero attached hydrogens (tertiary/aromatic N) is 1. The number of hydrogen-bond donors (Lipinski definition) is 1. The highest BCUT2D eigenvalue weighted by atomic mass is 32.1. The van der Waals surface area contributed by atoms with Crippen LogP contribution in [0.1, 0.15) is 17.5 Å². The number of nitrogens with one attached hydrogen (secondary N) is 1. The molecule has 0 aliphatic rings. The van der Waals surface area contributed by atoms with E-state index in [4.69, 9.17) is 4.74 Å². The predicted octanol–water partition coefficient (Wildman–Crippen LogP) is 4.02. The summed E-state index contributed by atoms with van der Waals surface area (Å²) >= 11 is 1.59. The van der Waals surface area contributed by atoms with Crippen LogP contribution in [0.2, 0.25) is 0 Å². The van der Waals surface area contributed by atoms with Crippen LogP contribution in [-0.2, 0) is 11.3 Å². The van der Waals surface area contributed by atoms with Crippen LogP contribution in [0, 0.1) is 0 Å². The summed E-state index contributed by atoms with van der Waals surface area (Å²) in [6.07, 6.45) is 3.28. The Hall–Kier alpha value is -2.66. The molecule has 0 saturated heterocycles. The highest BCUT2D eigenvalue weighted by Crippen LogP contribution is 2.21. The third kappa shape index (κ3) is 4.00. The molecule has 0 aliphatic carbocycles. The second-order valence-electron chi connectivity index (χ2n) is 5.10. The molecule has 0 unspecified atom stereocenters. The zero-order valence-corrected chi connectivity index (χ0v) is 14.2. The Morgan fingerprint density at radius 2 is 2.00 bits per heavy atom. The Morgan fingerprint density at radius 1 is 1.21 bits per heavy atom. The lowest BCUT2D eigenvalue weighted by Gasteiger charge is -2.06. The number of ether oxygens (including phenoxy) is 1. The van der Waals surface area contributed by atoms with Crippen LogP contribution >= 0.6 is 11.3 Å². The van der Waals surface area contributed by atoms with E-state index in [1.54, 1.807) is 17.4 Å². The Bertz CT molecular complexity index is 837. The van der Waals surface area contributed by atoms with Crippen LogP contribution in [0.25, 0.3) is 16.3 Å². The lowest BCUT2D eigenvalue weighted by molar-refractivity contribution is -0.116. The van der Waals surface area contributed by atoms with Gasteiger partial charge < -0.3 is 10.1 Å². The van der Waals surface area contributed by atoms with Gasteiger partial charge in [0.2, 0.25) is 5.91 Å². The quantitative estimate of drug-likeness (QED) is 0.691. The number of rotatable bonds is 6. The van der Waals surface area contributed by atoms with Crippen molar-refractivity contribution in [2.24, 2.45) is 0 Å². The standard InChI is InChI=1S/C19H18N2O2S/c1-2-23-16-9-5-3-7-14(16)11-12-18(22)20-13-19-21-15-8-4-6-10-17(15)24-19/h3-12H,2,13H2,1H3,(H,20,22)/b12-11+. The summed E-state index contributed by atoms with van der Waals surface area (Å²) in [6.45, 7) is 2.95. The minimum atomic E-state index is -0.152. The van der Waals surface area contributed by atoms with Gasteiger partial charge in [-0.25, -0.2) is 4.98 Å². The SMILES string of the molecule is CCOc1ccccc1/C=C/C(=O)NCc1nc2ccccc2s1. The summed E-state index contributed by atoms with van der Waals surface area (Å²) < 4.78 is 6.67. The Labute approximate surface area is 144 Å². The topological polar surface area (TPSA) is 51.2 Å². The smallest absolute Gasteiger partial charge is 0.244 e. The molecule has 1 N–H and O–H groups in total. The van der Waals surface area contributed by atoms with E-state index in [-0.39, 0.29) is 5.91 Å². The first-order valence-electron chi connectivity index (χ1n) is 7.78. The van der Waals surface area contributed by atoms with Crippen molar-refractivity contribution in [2.75, 3.05) is 6.61 Å². The first kappa shape index (κ1) is 16.2. The Balaban J connectivity index is 1.61. The van der Waals surface area contributed by atoms with E-state index in [0.717, 1.165) is 26.5 Å². The fourth-order valence-electron chi connectivity index (χ4n) is 2.29. The average Bonchev–Trinajstić information content (AvgIpc) is 3.02. The number of carbonyl (C=O) groups is 1. The van der Waals surface area contributed by atoms with E-state index < -0.39 is 0 Å². The first-order valence-corrected chi connectivity index (χ1v) is 8.60. The summed E-state index contributed by atoms with van der Waals surface area (Å²) in [7, 11) is 0. The maximum atomic E-state index is 12.0. The molecule has 1 aromatic heterocycles. The van der Waals surface area contributed by atoms with Gasteiger partial charge in [0.05, 0.1) is 23.4 Å². The van der Waals surface area contributed by atoms with Crippen LogP contribution < -0.4 is 10.1 Å². The van der Waals surface area contributed by atoms with Crippen molar-refractivity contribution in [2.45, 2.75) is 13.5 Å². The van der Waals surface area contributed by atoms with Gasteiger partial charge in [0.15, 0.2) is 0 Å². The van der Waals surface area contributed by atoms with E-state index in [9.17, 15) is 4.79 Å². The van der Waals surface area contributed by atoms with E-state index >= 15 is 0 Å². The molecule has 0 fully saturated rings. The lowest BCUT2D eigenvalue weighted by Crippen LogP contribution is -2.20. The zero-order chi connectivity index (χ0) is 16.8. The number of thiazole rings is 1. The molecule has 5 heteroatoms. The van der Waals surface area contributed by atoms with Gasteiger partial charge in [0.1, 0.15) is 10.8 Å². The molecule has 24 heavy (non-hydrogen) atoms. The fraction of sp³-hybridized carbons (Fsp3) is 0.158. The van der Waals surface area contributed by atoms with Gasteiger partial charge in [-0.15, -0.1) is 11.3 Å². The van der Waals surface area contributed by atoms with Crippen molar-refractivity contribution in [1.82, 2.24) is 10.3 Å². The Morgan fingerprint density at radius 3 is 2.83 bits per heavy atom. The van der Waals surface area contributed by atoms with Gasteiger partial charge in [-0.05, 0) is 31.2 Å². The number of hydrogen-bond acceptors (Lipinski definition) is 4. The van der Waals surface area contributed by atoms with Crippen LogP contribution in [-0.4, -0.2) is 17.5 Å².